The lowest BCUT2D eigenvalue weighted by Crippen LogP contribution is -2.35. The minimum Gasteiger partial charge on any atom is -0.479 e. The Morgan fingerprint density at radius 3 is 2.72 bits per heavy atom. The molecule has 0 spiro atoms. The molecule has 0 unspecified atom stereocenters. The van der Waals surface area contributed by atoms with E-state index in [1.807, 2.05) is 0 Å². The molecule has 5 heteroatoms. The van der Waals surface area contributed by atoms with Crippen LogP contribution in [0.5, 0.6) is 5.75 Å². The molecule has 1 aromatic rings. The maximum Gasteiger partial charge on any atom is 0.260 e. The summed E-state index contributed by atoms with van der Waals surface area (Å²) in [5.74, 6) is -0.734. The third-order valence-electron chi connectivity index (χ3n) is 3.03. The molecule has 1 amide bonds. The second kappa shape index (κ2) is 6.33. The molecule has 18 heavy (non-hydrogen) atoms. The second-order valence-corrected chi connectivity index (χ2v) is 4.38. The first-order valence-electron chi connectivity index (χ1n) is 6.28. The third kappa shape index (κ3) is 3.42. The smallest absolute Gasteiger partial charge is 0.260 e. The quantitative estimate of drug-likeness (QED) is 0.773. The topological polar surface area (TPSA) is 42.4 Å². The predicted molar refractivity (Wildman–Crippen MR) is 64.7 cm³/mol. The van der Waals surface area contributed by atoms with Gasteiger partial charge in [-0.25, -0.2) is 4.98 Å². The molecule has 1 aliphatic heterocycles. The first kappa shape index (κ1) is 12.8. The van der Waals surface area contributed by atoms with Gasteiger partial charge in [0.1, 0.15) is 0 Å². The molecule has 0 N–H and O–H groups in total. The summed E-state index contributed by atoms with van der Waals surface area (Å²) in [6.45, 7) is 1.43. The van der Waals surface area contributed by atoms with Crippen LogP contribution in [0.1, 0.15) is 25.7 Å². The second-order valence-electron chi connectivity index (χ2n) is 4.38. The Hall–Kier alpha value is -1.65. The summed E-state index contributed by atoms with van der Waals surface area (Å²) >= 11 is 0. The van der Waals surface area contributed by atoms with Crippen molar-refractivity contribution in [2.24, 2.45) is 0 Å². The minimum absolute atomic E-state index is 0.0284. The summed E-state index contributed by atoms with van der Waals surface area (Å²) in [5.41, 5.74) is 0. The zero-order chi connectivity index (χ0) is 12.8. The van der Waals surface area contributed by atoms with Crippen LogP contribution in [-0.4, -0.2) is 35.5 Å². The highest BCUT2D eigenvalue weighted by molar-refractivity contribution is 5.77. The van der Waals surface area contributed by atoms with Gasteiger partial charge in [-0.15, -0.1) is 0 Å². The SMILES string of the molecule is O=C(COc1cccnc1F)N1CCCCCC1. The summed E-state index contributed by atoms with van der Waals surface area (Å²) in [6, 6.07) is 3.05. The zero-order valence-electron chi connectivity index (χ0n) is 10.3. The number of halogens is 1. The van der Waals surface area contributed by atoms with E-state index in [1.165, 1.54) is 25.1 Å². The number of aromatic nitrogens is 1. The monoisotopic (exact) mass is 252 g/mol. The van der Waals surface area contributed by atoms with Crippen molar-refractivity contribution in [2.45, 2.75) is 25.7 Å². The van der Waals surface area contributed by atoms with Gasteiger partial charge < -0.3 is 9.64 Å². The molecule has 1 fully saturated rings. The van der Waals surface area contributed by atoms with E-state index in [2.05, 4.69) is 4.98 Å². The molecule has 1 aliphatic rings. The molecule has 0 aliphatic carbocycles. The van der Waals surface area contributed by atoms with Crippen LogP contribution in [0.25, 0.3) is 0 Å². The van der Waals surface area contributed by atoms with Gasteiger partial charge >= 0.3 is 0 Å². The Morgan fingerprint density at radius 2 is 2.06 bits per heavy atom. The fourth-order valence-electron chi connectivity index (χ4n) is 2.03. The number of ether oxygens (including phenoxy) is 1. The number of nitrogens with zero attached hydrogens (tertiary/aromatic N) is 2. The van der Waals surface area contributed by atoms with Crippen molar-refractivity contribution in [1.82, 2.24) is 9.88 Å². The van der Waals surface area contributed by atoms with Crippen LogP contribution in [0.4, 0.5) is 4.39 Å². The van der Waals surface area contributed by atoms with Gasteiger partial charge in [-0.3, -0.25) is 4.79 Å². The summed E-state index contributed by atoms with van der Waals surface area (Å²) in [4.78, 5) is 17.2. The van der Waals surface area contributed by atoms with Crippen LogP contribution >= 0.6 is 0 Å². The molecule has 0 radical (unpaired) electrons. The fraction of sp³-hybridized carbons (Fsp3) is 0.538. The molecule has 2 heterocycles. The lowest BCUT2D eigenvalue weighted by molar-refractivity contribution is -0.133. The summed E-state index contributed by atoms with van der Waals surface area (Å²) < 4.78 is 18.4. The van der Waals surface area contributed by atoms with E-state index < -0.39 is 5.95 Å². The van der Waals surface area contributed by atoms with Crippen LogP contribution < -0.4 is 4.74 Å². The predicted octanol–water partition coefficient (Wildman–Crippen LogP) is 2.00. The van der Waals surface area contributed by atoms with Gasteiger partial charge in [-0.05, 0) is 25.0 Å². The average Bonchev–Trinajstić information content (AvgIpc) is 2.66. The highest BCUT2D eigenvalue weighted by atomic mass is 19.1. The Balaban J connectivity index is 1.86. The molecule has 0 bridgehead atoms. The van der Waals surface area contributed by atoms with Crippen molar-refractivity contribution in [3.63, 3.8) is 0 Å². The normalized spacial score (nSPS) is 16.2. The Bertz CT molecular complexity index is 404. The maximum atomic E-state index is 13.2. The summed E-state index contributed by atoms with van der Waals surface area (Å²) in [6.07, 6.45) is 5.75. The molecule has 0 aromatic carbocycles. The molecule has 2 rings (SSSR count). The van der Waals surface area contributed by atoms with E-state index in [-0.39, 0.29) is 18.3 Å². The van der Waals surface area contributed by atoms with Crippen LogP contribution in [0.3, 0.4) is 0 Å². The van der Waals surface area contributed by atoms with E-state index in [1.54, 1.807) is 11.0 Å². The molecule has 98 valence electrons. The van der Waals surface area contributed by atoms with Gasteiger partial charge in [0.15, 0.2) is 12.4 Å². The number of carbonyl (C=O) groups is 1. The van der Waals surface area contributed by atoms with Gasteiger partial charge in [0.25, 0.3) is 11.9 Å². The average molecular weight is 252 g/mol. The Kier molecular flexibility index (Phi) is 4.50. The van der Waals surface area contributed by atoms with Crippen LogP contribution in [0.2, 0.25) is 0 Å². The van der Waals surface area contributed by atoms with Crippen molar-refractivity contribution in [2.75, 3.05) is 19.7 Å². The first-order chi connectivity index (χ1) is 8.77. The van der Waals surface area contributed by atoms with Crippen molar-refractivity contribution in [3.05, 3.63) is 24.3 Å². The van der Waals surface area contributed by atoms with E-state index >= 15 is 0 Å². The molecular weight excluding hydrogens is 235 g/mol. The first-order valence-corrected chi connectivity index (χ1v) is 6.28. The van der Waals surface area contributed by atoms with E-state index in [0.29, 0.717) is 0 Å². The highest BCUT2D eigenvalue weighted by Crippen LogP contribution is 2.14. The van der Waals surface area contributed by atoms with E-state index in [9.17, 15) is 9.18 Å². The van der Waals surface area contributed by atoms with E-state index in [4.69, 9.17) is 4.74 Å². The number of pyridine rings is 1. The Morgan fingerprint density at radius 1 is 1.33 bits per heavy atom. The van der Waals surface area contributed by atoms with Crippen LogP contribution in [-0.2, 0) is 4.79 Å². The lowest BCUT2D eigenvalue weighted by Gasteiger charge is -2.20. The van der Waals surface area contributed by atoms with Gasteiger partial charge in [0.2, 0.25) is 0 Å². The van der Waals surface area contributed by atoms with E-state index in [0.717, 1.165) is 25.9 Å². The van der Waals surface area contributed by atoms with Crippen molar-refractivity contribution < 1.29 is 13.9 Å². The zero-order valence-corrected chi connectivity index (χ0v) is 10.3. The molecule has 1 aromatic heterocycles. The number of likely N-dealkylation sites (tertiary alicyclic amines) is 1. The van der Waals surface area contributed by atoms with Crippen LogP contribution in [0.15, 0.2) is 18.3 Å². The molecular formula is C13H17FN2O2. The van der Waals surface area contributed by atoms with Gasteiger partial charge in [0, 0.05) is 19.3 Å². The standard InChI is InChI=1S/C13H17FN2O2/c14-13-11(6-5-7-15-13)18-10-12(17)16-8-3-1-2-4-9-16/h5-7H,1-4,8-10H2. The van der Waals surface area contributed by atoms with Crippen molar-refractivity contribution in [3.8, 4) is 5.75 Å². The number of rotatable bonds is 3. The summed E-state index contributed by atoms with van der Waals surface area (Å²) in [7, 11) is 0. The molecule has 4 nitrogen and oxygen atoms in total. The molecule has 0 atom stereocenters. The summed E-state index contributed by atoms with van der Waals surface area (Å²) in [5, 5.41) is 0. The largest absolute Gasteiger partial charge is 0.479 e. The third-order valence-corrected chi connectivity index (χ3v) is 3.03. The number of hydrogen-bond donors (Lipinski definition) is 0. The van der Waals surface area contributed by atoms with Gasteiger partial charge in [-0.1, -0.05) is 12.8 Å². The Labute approximate surface area is 106 Å². The number of carbonyl (C=O) groups excluding carboxylic acids is 1. The fourth-order valence-corrected chi connectivity index (χ4v) is 2.03. The number of amides is 1. The molecule has 1 saturated heterocycles. The maximum absolute atomic E-state index is 13.2. The highest BCUT2D eigenvalue weighted by Gasteiger charge is 2.16. The van der Waals surface area contributed by atoms with Crippen LogP contribution in [0, 0.1) is 5.95 Å². The molecule has 0 saturated carbocycles. The lowest BCUT2D eigenvalue weighted by atomic mass is 10.2. The minimum atomic E-state index is -0.679. The van der Waals surface area contributed by atoms with Crippen molar-refractivity contribution in [1.29, 1.82) is 0 Å². The van der Waals surface area contributed by atoms with Crippen molar-refractivity contribution >= 4 is 5.91 Å². The van der Waals surface area contributed by atoms with Gasteiger partial charge in [0.05, 0.1) is 0 Å². The van der Waals surface area contributed by atoms with Gasteiger partial charge in [-0.2, -0.15) is 4.39 Å². The number of hydrogen-bond acceptors (Lipinski definition) is 3.